The normalized spacial score (nSPS) is 13.7. The Morgan fingerprint density at radius 2 is 2.14 bits per heavy atom. The zero-order valence-corrected chi connectivity index (χ0v) is 16.5. The largest absolute Gasteiger partial charge is 0.496 e. The Kier molecular flexibility index (Phi) is 4.98. The SMILES string of the molecule is COc1ccc(F)c2c1cc(C)n2CCN(C(=O)C1CC1)c1ccnc(Cl)c1. The lowest BCUT2D eigenvalue weighted by atomic mass is 10.2. The summed E-state index contributed by atoms with van der Waals surface area (Å²) in [6.07, 6.45) is 3.41. The highest BCUT2D eigenvalue weighted by Crippen LogP contribution is 2.34. The van der Waals surface area contributed by atoms with E-state index >= 15 is 0 Å². The highest BCUT2D eigenvalue weighted by atomic mass is 35.5. The fourth-order valence-electron chi connectivity index (χ4n) is 3.58. The van der Waals surface area contributed by atoms with Gasteiger partial charge in [0, 0.05) is 42.0 Å². The van der Waals surface area contributed by atoms with Crippen LogP contribution in [0.1, 0.15) is 18.5 Å². The molecular formula is C21H21ClFN3O2. The molecule has 1 fully saturated rings. The summed E-state index contributed by atoms with van der Waals surface area (Å²) in [6, 6.07) is 8.41. The Morgan fingerprint density at radius 1 is 1.36 bits per heavy atom. The number of nitrogens with zero attached hydrogens (tertiary/aromatic N) is 3. The van der Waals surface area contributed by atoms with Gasteiger partial charge in [0.1, 0.15) is 16.7 Å². The van der Waals surface area contributed by atoms with Crippen LogP contribution in [0.5, 0.6) is 5.75 Å². The second kappa shape index (κ2) is 7.43. The maximum Gasteiger partial charge on any atom is 0.230 e. The van der Waals surface area contributed by atoms with Crippen LogP contribution < -0.4 is 9.64 Å². The average Bonchev–Trinajstić information content (AvgIpc) is 3.46. The third-order valence-electron chi connectivity index (χ3n) is 5.16. The van der Waals surface area contributed by atoms with Gasteiger partial charge in [-0.15, -0.1) is 0 Å². The molecule has 7 heteroatoms. The highest BCUT2D eigenvalue weighted by molar-refractivity contribution is 6.29. The number of hydrogen-bond acceptors (Lipinski definition) is 3. The summed E-state index contributed by atoms with van der Waals surface area (Å²) in [6.45, 7) is 2.80. The van der Waals surface area contributed by atoms with Gasteiger partial charge in [-0.25, -0.2) is 9.37 Å². The van der Waals surface area contributed by atoms with Crippen molar-refractivity contribution in [3.63, 3.8) is 0 Å². The van der Waals surface area contributed by atoms with Gasteiger partial charge in [0.2, 0.25) is 5.91 Å². The summed E-state index contributed by atoms with van der Waals surface area (Å²) in [5.74, 6) is 0.460. The molecule has 0 atom stereocenters. The number of hydrogen-bond donors (Lipinski definition) is 0. The van der Waals surface area contributed by atoms with Gasteiger partial charge < -0.3 is 14.2 Å². The zero-order valence-electron chi connectivity index (χ0n) is 15.8. The van der Waals surface area contributed by atoms with Gasteiger partial charge in [0.15, 0.2) is 0 Å². The number of carbonyl (C=O) groups excluding carboxylic acids is 1. The van der Waals surface area contributed by atoms with Gasteiger partial charge in [-0.1, -0.05) is 11.6 Å². The zero-order chi connectivity index (χ0) is 19.8. The first-order valence-corrected chi connectivity index (χ1v) is 9.62. The predicted molar refractivity (Wildman–Crippen MR) is 108 cm³/mol. The molecule has 0 radical (unpaired) electrons. The van der Waals surface area contributed by atoms with Gasteiger partial charge in [-0.05, 0) is 50.1 Å². The lowest BCUT2D eigenvalue weighted by Gasteiger charge is -2.24. The molecule has 0 unspecified atom stereocenters. The van der Waals surface area contributed by atoms with Gasteiger partial charge in [-0.3, -0.25) is 4.79 Å². The lowest BCUT2D eigenvalue weighted by Crippen LogP contribution is -2.35. The van der Waals surface area contributed by atoms with Crippen LogP contribution in [0.2, 0.25) is 5.15 Å². The molecule has 1 aromatic carbocycles. The van der Waals surface area contributed by atoms with E-state index < -0.39 is 0 Å². The lowest BCUT2D eigenvalue weighted by molar-refractivity contribution is -0.119. The summed E-state index contributed by atoms with van der Waals surface area (Å²) >= 11 is 6.03. The van der Waals surface area contributed by atoms with Crippen LogP contribution in [0.4, 0.5) is 10.1 Å². The molecule has 5 nitrogen and oxygen atoms in total. The summed E-state index contributed by atoms with van der Waals surface area (Å²) in [5, 5.41) is 1.07. The molecule has 3 aromatic rings. The highest BCUT2D eigenvalue weighted by Gasteiger charge is 2.34. The molecule has 0 spiro atoms. The molecular weight excluding hydrogens is 381 g/mol. The number of halogens is 2. The molecule has 2 heterocycles. The van der Waals surface area contributed by atoms with Crippen molar-refractivity contribution >= 4 is 34.1 Å². The number of ether oxygens (including phenoxy) is 1. The number of pyridine rings is 1. The second-order valence-corrected chi connectivity index (χ2v) is 7.44. The smallest absolute Gasteiger partial charge is 0.230 e. The third kappa shape index (κ3) is 3.44. The Bertz CT molecular complexity index is 1050. The third-order valence-corrected chi connectivity index (χ3v) is 5.37. The van der Waals surface area contributed by atoms with Crippen molar-refractivity contribution in [1.82, 2.24) is 9.55 Å². The van der Waals surface area contributed by atoms with E-state index in [1.807, 2.05) is 17.6 Å². The van der Waals surface area contributed by atoms with Gasteiger partial charge in [-0.2, -0.15) is 0 Å². The maximum atomic E-state index is 14.6. The fraction of sp³-hybridized carbons (Fsp3) is 0.333. The van der Waals surface area contributed by atoms with Crippen molar-refractivity contribution in [2.75, 3.05) is 18.6 Å². The standard InChI is InChI=1S/C21H21ClFN3O2/c1-13-11-16-18(28-2)6-5-17(23)20(16)25(13)9-10-26(21(27)14-3-4-14)15-7-8-24-19(22)12-15/h5-8,11-12,14H,3-4,9-10H2,1-2H3. The number of methoxy groups -OCH3 is 1. The fourth-order valence-corrected chi connectivity index (χ4v) is 3.75. The molecule has 0 saturated heterocycles. The molecule has 1 saturated carbocycles. The number of amides is 1. The number of rotatable bonds is 6. The topological polar surface area (TPSA) is 47.4 Å². The van der Waals surface area contributed by atoms with Crippen LogP contribution in [0, 0.1) is 18.7 Å². The van der Waals surface area contributed by atoms with Gasteiger partial charge in [0.25, 0.3) is 0 Å². The summed E-state index contributed by atoms with van der Waals surface area (Å²) < 4.78 is 21.9. The van der Waals surface area contributed by atoms with E-state index in [1.54, 1.807) is 36.4 Å². The van der Waals surface area contributed by atoms with Crippen molar-refractivity contribution in [1.29, 1.82) is 0 Å². The molecule has 0 N–H and O–H groups in total. The van der Waals surface area contributed by atoms with Crippen LogP contribution >= 0.6 is 11.6 Å². The Hall–Kier alpha value is -2.60. The maximum absolute atomic E-state index is 14.6. The number of fused-ring (bicyclic) bond motifs is 1. The summed E-state index contributed by atoms with van der Waals surface area (Å²) in [5.41, 5.74) is 2.11. The van der Waals surface area contributed by atoms with Crippen molar-refractivity contribution in [2.45, 2.75) is 26.3 Å². The minimum Gasteiger partial charge on any atom is -0.496 e. The summed E-state index contributed by atoms with van der Waals surface area (Å²) in [7, 11) is 1.57. The van der Waals surface area contributed by atoms with Crippen molar-refractivity contribution in [2.24, 2.45) is 5.92 Å². The molecule has 1 amide bonds. The Morgan fingerprint density at radius 3 is 2.82 bits per heavy atom. The van der Waals surface area contributed by atoms with E-state index in [0.29, 0.717) is 35.2 Å². The van der Waals surface area contributed by atoms with E-state index in [2.05, 4.69) is 4.98 Å². The number of aryl methyl sites for hydroxylation is 1. The molecule has 0 bridgehead atoms. The second-order valence-electron chi connectivity index (χ2n) is 7.05. The molecule has 1 aliphatic carbocycles. The van der Waals surface area contributed by atoms with Gasteiger partial charge in [0.05, 0.1) is 12.6 Å². The van der Waals surface area contributed by atoms with Crippen molar-refractivity contribution < 1.29 is 13.9 Å². The monoisotopic (exact) mass is 401 g/mol. The Balaban J connectivity index is 1.68. The Labute approximate surface area is 167 Å². The number of benzene rings is 1. The average molecular weight is 402 g/mol. The predicted octanol–water partition coefficient (Wildman–Crippen LogP) is 4.59. The van der Waals surface area contributed by atoms with Crippen LogP contribution in [0.3, 0.4) is 0 Å². The molecule has 0 aliphatic heterocycles. The first-order chi connectivity index (χ1) is 13.5. The first-order valence-electron chi connectivity index (χ1n) is 9.25. The molecule has 2 aromatic heterocycles. The van der Waals surface area contributed by atoms with E-state index in [-0.39, 0.29) is 17.6 Å². The first kappa shape index (κ1) is 18.7. The number of aromatic nitrogens is 2. The van der Waals surface area contributed by atoms with Crippen LogP contribution in [-0.2, 0) is 11.3 Å². The molecule has 146 valence electrons. The minimum absolute atomic E-state index is 0.0614. The van der Waals surface area contributed by atoms with Crippen molar-refractivity contribution in [3.05, 3.63) is 53.2 Å². The van der Waals surface area contributed by atoms with E-state index in [9.17, 15) is 9.18 Å². The molecule has 4 rings (SSSR count). The van der Waals surface area contributed by atoms with Crippen LogP contribution in [-0.4, -0.2) is 29.1 Å². The summed E-state index contributed by atoms with van der Waals surface area (Å²) in [4.78, 5) is 18.6. The van der Waals surface area contributed by atoms with Crippen LogP contribution in [0.25, 0.3) is 10.9 Å². The van der Waals surface area contributed by atoms with Crippen molar-refractivity contribution in [3.8, 4) is 5.75 Å². The minimum atomic E-state index is -0.309. The van der Waals surface area contributed by atoms with E-state index in [0.717, 1.165) is 23.9 Å². The number of anilines is 1. The van der Waals surface area contributed by atoms with E-state index in [1.165, 1.54) is 6.07 Å². The molecule has 1 aliphatic rings. The van der Waals surface area contributed by atoms with Gasteiger partial charge >= 0.3 is 0 Å². The number of carbonyl (C=O) groups is 1. The molecule has 28 heavy (non-hydrogen) atoms. The van der Waals surface area contributed by atoms with Crippen LogP contribution in [0.15, 0.2) is 36.5 Å². The quantitative estimate of drug-likeness (QED) is 0.567. The van der Waals surface area contributed by atoms with E-state index in [4.69, 9.17) is 16.3 Å².